The smallest absolute Gasteiger partial charge is 0.329 e. The lowest BCUT2D eigenvalue weighted by atomic mass is 9.38. The molecule has 11 atom stereocenters. The van der Waals surface area contributed by atoms with Crippen molar-refractivity contribution in [2.24, 2.45) is 58.0 Å². The van der Waals surface area contributed by atoms with Crippen molar-refractivity contribution in [3.63, 3.8) is 0 Å². The highest BCUT2D eigenvalue weighted by molar-refractivity contribution is 5.37. The van der Waals surface area contributed by atoms with Crippen molar-refractivity contribution in [3.05, 3.63) is 23.3 Å². The molecule has 39 heavy (non-hydrogen) atoms. The molecule has 4 fully saturated rings. The lowest BCUT2D eigenvalue weighted by molar-refractivity contribution is -0.179. The van der Waals surface area contributed by atoms with Crippen molar-refractivity contribution < 1.29 is 13.2 Å². The number of alkyl halides is 3. The van der Waals surface area contributed by atoms with E-state index >= 15 is 0 Å². The molecule has 0 aromatic carbocycles. The summed E-state index contributed by atoms with van der Waals surface area (Å²) in [5, 5.41) is 3.17. The molecule has 6 aliphatic carbocycles. The van der Waals surface area contributed by atoms with Gasteiger partial charge < -0.3 is 5.73 Å². The van der Waals surface area contributed by atoms with E-state index in [1.807, 2.05) is 0 Å². The number of allylic oxidation sites excluding steroid dienone is 4. The Morgan fingerprint density at radius 3 is 2.38 bits per heavy atom. The van der Waals surface area contributed by atoms with Crippen LogP contribution in [0.1, 0.15) is 111 Å². The summed E-state index contributed by atoms with van der Waals surface area (Å²) < 4.78 is 41.4. The zero-order valence-corrected chi connectivity index (χ0v) is 24.9. The number of fused-ring (bicyclic) bond motifs is 7. The molecule has 0 heterocycles. The summed E-state index contributed by atoms with van der Waals surface area (Å²) in [4.78, 5) is 0. The SMILES string of the molecule is CC1CC=C(C2=CCC3(C)C(CCC4(C)C5CCC6(NC(CN)C(F)(F)F)CCCC6C5CCC34)C2C)CC1. The maximum absolute atomic E-state index is 13.8. The van der Waals surface area contributed by atoms with Gasteiger partial charge in [0.2, 0.25) is 0 Å². The minimum Gasteiger partial charge on any atom is -0.329 e. The fourth-order valence-electron chi connectivity index (χ4n) is 12.0. The molecular weight excluding hydrogens is 493 g/mol. The highest BCUT2D eigenvalue weighted by atomic mass is 19.4. The summed E-state index contributed by atoms with van der Waals surface area (Å²) in [6, 6.07) is -1.58. The van der Waals surface area contributed by atoms with Gasteiger partial charge in [0, 0.05) is 12.1 Å². The Kier molecular flexibility index (Phi) is 7.18. The predicted octanol–water partition coefficient (Wildman–Crippen LogP) is 8.58. The maximum Gasteiger partial charge on any atom is 0.405 e. The second-order valence-electron chi connectivity index (χ2n) is 15.5. The molecule has 0 aromatic rings. The highest BCUT2D eigenvalue weighted by Gasteiger charge is 2.64. The first kappa shape index (κ1) is 28.3. The van der Waals surface area contributed by atoms with Crippen LogP contribution in [0.5, 0.6) is 0 Å². The van der Waals surface area contributed by atoms with E-state index in [9.17, 15) is 13.2 Å². The van der Waals surface area contributed by atoms with E-state index in [1.54, 1.807) is 11.1 Å². The van der Waals surface area contributed by atoms with Crippen LogP contribution >= 0.6 is 0 Å². The number of hydrogen-bond acceptors (Lipinski definition) is 2. The van der Waals surface area contributed by atoms with Crippen LogP contribution in [-0.2, 0) is 0 Å². The Balaban J connectivity index is 1.24. The third-order valence-electron chi connectivity index (χ3n) is 13.8. The first-order chi connectivity index (χ1) is 18.4. The fourth-order valence-corrected chi connectivity index (χ4v) is 12.0. The molecule has 0 amide bonds. The molecule has 6 aliphatic rings. The number of halogens is 3. The second-order valence-corrected chi connectivity index (χ2v) is 15.5. The average Bonchev–Trinajstić information content (AvgIpc) is 3.32. The van der Waals surface area contributed by atoms with Crippen LogP contribution in [0.15, 0.2) is 23.3 Å². The molecule has 0 aliphatic heterocycles. The largest absolute Gasteiger partial charge is 0.405 e. The lowest BCUT2D eigenvalue weighted by Crippen LogP contribution is -2.66. The molecule has 11 unspecified atom stereocenters. The monoisotopic (exact) mass is 546 g/mol. The zero-order valence-electron chi connectivity index (χ0n) is 24.9. The molecule has 0 aromatic heterocycles. The Hall–Kier alpha value is -0.810. The first-order valence-electron chi connectivity index (χ1n) is 16.4. The third kappa shape index (κ3) is 4.41. The summed E-state index contributed by atoms with van der Waals surface area (Å²) in [7, 11) is 0. The van der Waals surface area contributed by atoms with Gasteiger partial charge in [-0.15, -0.1) is 0 Å². The standard InChI is InChI=1S/C34H53F3N2/c1-21-7-9-23(10-8-21)24-13-17-31(3)26(22(24)2)14-18-32(4)27-15-19-33(39-30(20-38)34(35,36)37)16-5-6-28(33)25(27)11-12-29(31)32/h9,13,21-22,25-30,39H,5-8,10-12,14-20,38H2,1-4H3. The number of nitrogens with two attached hydrogens (primary N) is 1. The quantitative estimate of drug-likeness (QED) is 0.371. The third-order valence-corrected chi connectivity index (χ3v) is 13.8. The van der Waals surface area contributed by atoms with Crippen LogP contribution < -0.4 is 11.1 Å². The summed E-state index contributed by atoms with van der Waals surface area (Å²) in [5.74, 6) is 4.51. The first-order valence-corrected chi connectivity index (χ1v) is 16.4. The Morgan fingerprint density at radius 1 is 0.923 bits per heavy atom. The molecule has 0 radical (unpaired) electrons. The van der Waals surface area contributed by atoms with E-state index in [1.165, 1.54) is 51.4 Å². The fraction of sp³-hybridized carbons (Fsp3) is 0.882. The van der Waals surface area contributed by atoms with Gasteiger partial charge in [0.1, 0.15) is 6.04 Å². The van der Waals surface area contributed by atoms with Crippen LogP contribution in [0.25, 0.3) is 0 Å². The van der Waals surface area contributed by atoms with Gasteiger partial charge in [-0.25, -0.2) is 0 Å². The van der Waals surface area contributed by atoms with Gasteiger partial charge in [0.05, 0.1) is 0 Å². The summed E-state index contributed by atoms with van der Waals surface area (Å²) in [5.41, 5.74) is 9.25. The molecule has 4 saturated carbocycles. The van der Waals surface area contributed by atoms with E-state index < -0.39 is 12.2 Å². The molecule has 0 bridgehead atoms. The van der Waals surface area contributed by atoms with E-state index in [-0.39, 0.29) is 12.1 Å². The zero-order chi connectivity index (χ0) is 27.8. The van der Waals surface area contributed by atoms with Crippen molar-refractivity contribution in [3.8, 4) is 0 Å². The molecule has 0 saturated heterocycles. The second kappa shape index (κ2) is 9.89. The van der Waals surface area contributed by atoms with Crippen LogP contribution in [-0.4, -0.2) is 24.3 Å². The van der Waals surface area contributed by atoms with E-state index in [0.29, 0.717) is 34.5 Å². The van der Waals surface area contributed by atoms with Crippen molar-refractivity contribution in [1.29, 1.82) is 0 Å². The number of rotatable bonds is 4. The van der Waals surface area contributed by atoms with Gasteiger partial charge >= 0.3 is 6.18 Å². The Bertz CT molecular complexity index is 1000. The van der Waals surface area contributed by atoms with Crippen LogP contribution in [0, 0.1) is 52.3 Å². The molecule has 220 valence electrons. The van der Waals surface area contributed by atoms with Crippen molar-refractivity contribution >= 4 is 0 Å². The van der Waals surface area contributed by atoms with Gasteiger partial charge in [-0.05, 0) is 140 Å². The van der Waals surface area contributed by atoms with Gasteiger partial charge in [0.15, 0.2) is 0 Å². The van der Waals surface area contributed by atoms with Crippen LogP contribution in [0.3, 0.4) is 0 Å². The van der Waals surface area contributed by atoms with Gasteiger partial charge in [-0.2, -0.15) is 13.2 Å². The minimum absolute atomic E-state index is 0.310. The summed E-state index contributed by atoms with van der Waals surface area (Å²) in [6.45, 7) is 9.77. The number of nitrogens with one attached hydrogen (secondary N) is 1. The molecular formula is C34H53F3N2. The molecule has 2 nitrogen and oxygen atoms in total. The summed E-state index contributed by atoms with van der Waals surface area (Å²) in [6.07, 6.45) is 16.0. The van der Waals surface area contributed by atoms with Crippen molar-refractivity contribution in [1.82, 2.24) is 5.32 Å². The topological polar surface area (TPSA) is 38.0 Å². The summed E-state index contributed by atoms with van der Waals surface area (Å²) >= 11 is 0. The van der Waals surface area contributed by atoms with E-state index in [4.69, 9.17) is 5.73 Å². The van der Waals surface area contributed by atoms with Crippen molar-refractivity contribution in [2.75, 3.05) is 6.54 Å². The van der Waals surface area contributed by atoms with Gasteiger partial charge in [-0.3, -0.25) is 5.32 Å². The normalized spacial score (nSPS) is 48.7. The highest BCUT2D eigenvalue weighted by Crippen LogP contribution is 2.70. The Morgan fingerprint density at radius 2 is 1.69 bits per heavy atom. The minimum atomic E-state index is -4.28. The molecule has 5 heteroatoms. The van der Waals surface area contributed by atoms with E-state index in [0.717, 1.165) is 49.9 Å². The average molecular weight is 547 g/mol. The molecule has 3 N–H and O–H groups in total. The molecule has 0 spiro atoms. The predicted molar refractivity (Wildman–Crippen MR) is 153 cm³/mol. The van der Waals surface area contributed by atoms with Gasteiger partial charge in [-0.1, -0.05) is 46.3 Å². The molecule has 6 rings (SSSR count). The van der Waals surface area contributed by atoms with Crippen molar-refractivity contribution in [2.45, 2.75) is 129 Å². The van der Waals surface area contributed by atoms with Crippen LogP contribution in [0.4, 0.5) is 13.2 Å². The van der Waals surface area contributed by atoms with E-state index in [2.05, 4.69) is 45.2 Å². The number of hydrogen-bond donors (Lipinski definition) is 2. The maximum atomic E-state index is 13.8. The van der Waals surface area contributed by atoms with Gasteiger partial charge in [0.25, 0.3) is 0 Å². The Labute approximate surface area is 235 Å². The lowest BCUT2D eigenvalue weighted by Gasteiger charge is -2.67. The van der Waals surface area contributed by atoms with Crippen LogP contribution in [0.2, 0.25) is 0 Å².